The van der Waals surface area contributed by atoms with Gasteiger partial charge in [-0.2, -0.15) is 0 Å². The van der Waals surface area contributed by atoms with Crippen molar-refractivity contribution >= 4 is 5.91 Å². The lowest BCUT2D eigenvalue weighted by Gasteiger charge is -2.43. The number of fused-ring (bicyclic) bond motifs is 2. The number of rotatable bonds is 6. The van der Waals surface area contributed by atoms with Crippen LogP contribution in [0, 0.1) is 12.7 Å². The summed E-state index contributed by atoms with van der Waals surface area (Å²) in [4.78, 5) is 18.9. The summed E-state index contributed by atoms with van der Waals surface area (Å²) in [7, 11) is 0. The Morgan fingerprint density at radius 2 is 1.44 bits per heavy atom. The molecule has 3 nitrogen and oxygen atoms in total. The molecule has 198 valence electrons. The molecule has 0 N–H and O–H groups in total. The minimum absolute atomic E-state index is 0.00550. The molecule has 4 heteroatoms. The van der Waals surface area contributed by atoms with Crippen LogP contribution in [-0.4, -0.2) is 34.3 Å². The number of aryl methyl sites for hydroxylation is 1. The Bertz CT molecular complexity index is 1470. The summed E-state index contributed by atoms with van der Waals surface area (Å²) in [5, 5.41) is 0. The van der Waals surface area contributed by atoms with Crippen molar-refractivity contribution in [2.45, 2.75) is 57.8 Å². The highest BCUT2D eigenvalue weighted by molar-refractivity contribution is 5.82. The molecule has 0 fully saturated rings. The number of hydrogen-bond donors (Lipinski definition) is 0. The third kappa shape index (κ3) is 4.90. The van der Waals surface area contributed by atoms with Gasteiger partial charge in [0.25, 0.3) is 0 Å². The van der Waals surface area contributed by atoms with E-state index >= 15 is 0 Å². The van der Waals surface area contributed by atoms with Gasteiger partial charge in [-0.1, -0.05) is 91.0 Å². The van der Waals surface area contributed by atoms with Crippen LogP contribution < -0.4 is 0 Å². The first kappa shape index (κ1) is 25.5. The van der Waals surface area contributed by atoms with Crippen molar-refractivity contribution in [2.24, 2.45) is 0 Å². The number of halogens is 1. The Hall–Kier alpha value is -3.76. The van der Waals surface area contributed by atoms with Gasteiger partial charge in [-0.15, -0.1) is 0 Å². The Kier molecular flexibility index (Phi) is 7.05. The lowest BCUT2D eigenvalue weighted by atomic mass is 9.85. The summed E-state index contributed by atoms with van der Waals surface area (Å²) in [6.45, 7) is 5.25. The summed E-state index contributed by atoms with van der Waals surface area (Å²) in [6, 6.07) is 32.0. The number of nitrogens with zero attached hydrogens (tertiary/aromatic N) is 2. The fourth-order valence-corrected chi connectivity index (χ4v) is 6.58. The normalized spacial score (nSPS) is 17.9. The predicted octanol–water partition coefficient (Wildman–Crippen LogP) is 6.67. The van der Waals surface area contributed by atoms with Gasteiger partial charge in [0, 0.05) is 24.7 Å². The Balaban J connectivity index is 1.36. The van der Waals surface area contributed by atoms with Crippen LogP contribution in [0.25, 0.3) is 0 Å². The Morgan fingerprint density at radius 1 is 0.846 bits per heavy atom. The molecule has 1 amide bonds. The van der Waals surface area contributed by atoms with Crippen LogP contribution in [0.15, 0.2) is 97.1 Å². The fraction of sp³-hybridized carbons (Fsp3) is 0.286. The SMILES string of the molecule is Cc1ccccc1[C@H]1c2ccccc2CCN1[C@@H](C)C(=O)N(Cc1ccccc1F)C1Cc2ccccc2C1. The third-order valence-corrected chi connectivity index (χ3v) is 8.71. The molecule has 1 aliphatic heterocycles. The molecule has 0 aromatic heterocycles. The van der Waals surface area contributed by atoms with Crippen molar-refractivity contribution in [3.8, 4) is 0 Å². The van der Waals surface area contributed by atoms with E-state index in [1.165, 1.54) is 39.4 Å². The largest absolute Gasteiger partial charge is 0.333 e. The Labute approximate surface area is 230 Å². The van der Waals surface area contributed by atoms with Gasteiger partial charge in [0.05, 0.1) is 12.1 Å². The van der Waals surface area contributed by atoms with E-state index in [9.17, 15) is 9.18 Å². The van der Waals surface area contributed by atoms with E-state index in [4.69, 9.17) is 0 Å². The summed E-state index contributed by atoms with van der Waals surface area (Å²) in [5.74, 6) is -0.197. The first-order valence-corrected chi connectivity index (χ1v) is 14.0. The topological polar surface area (TPSA) is 23.6 Å². The Morgan fingerprint density at radius 3 is 2.13 bits per heavy atom. The molecule has 2 aliphatic rings. The van der Waals surface area contributed by atoms with Crippen molar-refractivity contribution in [3.63, 3.8) is 0 Å². The first-order chi connectivity index (χ1) is 19.0. The highest BCUT2D eigenvalue weighted by Crippen LogP contribution is 2.38. The highest BCUT2D eigenvalue weighted by Gasteiger charge is 2.39. The maximum absolute atomic E-state index is 14.9. The van der Waals surface area contributed by atoms with Crippen molar-refractivity contribution in [2.75, 3.05) is 6.54 Å². The number of amides is 1. The van der Waals surface area contributed by atoms with Crippen LogP contribution in [0.2, 0.25) is 0 Å². The zero-order valence-electron chi connectivity index (χ0n) is 22.7. The quantitative estimate of drug-likeness (QED) is 0.285. The maximum atomic E-state index is 14.9. The van der Waals surface area contributed by atoms with Gasteiger partial charge in [-0.05, 0) is 72.6 Å². The van der Waals surface area contributed by atoms with Gasteiger partial charge in [-0.25, -0.2) is 4.39 Å². The number of benzene rings is 4. The average molecular weight is 519 g/mol. The molecule has 0 unspecified atom stereocenters. The van der Waals surface area contributed by atoms with Gasteiger partial charge in [0.1, 0.15) is 5.82 Å². The number of hydrogen-bond acceptors (Lipinski definition) is 2. The molecule has 2 atom stereocenters. The minimum Gasteiger partial charge on any atom is -0.333 e. The van der Waals surface area contributed by atoms with E-state index in [2.05, 4.69) is 84.6 Å². The fourth-order valence-electron chi connectivity index (χ4n) is 6.58. The first-order valence-electron chi connectivity index (χ1n) is 14.0. The maximum Gasteiger partial charge on any atom is 0.240 e. The molecular weight excluding hydrogens is 483 g/mol. The zero-order valence-corrected chi connectivity index (χ0v) is 22.7. The minimum atomic E-state index is -0.363. The van der Waals surface area contributed by atoms with Crippen LogP contribution in [0.1, 0.15) is 51.9 Å². The second-order valence-electron chi connectivity index (χ2n) is 11.0. The van der Waals surface area contributed by atoms with Crippen LogP contribution in [-0.2, 0) is 30.6 Å². The molecule has 1 heterocycles. The zero-order chi connectivity index (χ0) is 26.9. The summed E-state index contributed by atoms with van der Waals surface area (Å²) in [6.07, 6.45) is 2.50. The predicted molar refractivity (Wildman–Crippen MR) is 154 cm³/mol. The number of carbonyl (C=O) groups excluding carboxylic acids is 1. The van der Waals surface area contributed by atoms with Crippen molar-refractivity contribution < 1.29 is 9.18 Å². The van der Waals surface area contributed by atoms with Crippen molar-refractivity contribution in [3.05, 3.63) is 142 Å². The van der Waals surface area contributed by atoms with E-state index in [0.717, 1.165) is 25.8 Å². The molecule has 4 aromatic rings. The molecule has 1 aliphatic carbocycles. The molecule has 0 saturated heterocycles. The van der Waals surface area contributed by atoms with Crippen LogP contribution in [0.5, 0.6) is 0 Å². The summed E-state index contributed by atoms with van der Waals surface area (Å²) >= 11 is 0. The van der Waals surface area contributed by atoms with E-state index < -0.39 is 0 Å². The van der Waals surface area contributed by atoms with Crippen LogP contribution in [0.3, 0.4) is 0 Å². The lowest BCUT2D eigenvalue weighted by Crippen LogP contribution is -2.53. The van der Waals surface area contributed by atoms with Crippen molar-refractivity contribution in [1.29, 1.82) is 0 Å². The second kappa shape index (κ2) is 10.8. The number of carbonyl (C=O) groups is 1. The van der Waals surface area contributed by atoms with E-state index in [0.29, 0.717) is 5.56 Å². The lowest BCUT2D eigenvalue weighted by molar-refractivity contribution is -0.140. The summed E-state index contributed by atoms with van der Waals surface area (Å²) in [5.41, 5.74) is 8.20. The molecule has 0 spiro atoms. The summed E-state index contributed by atoms with van der Waals surface area (Å²) < 4.78 is 14.9. The van der Waals surface area contributed by atoms with Crippen LogP contribution in [0.4, 0.5) is 4.39 Å². The molecule has 6 rings (SSSR count). The molecule has 0 radical (unpaired) electrons. The second-order valence-corrected chi connectivity index (χ2v) is 11.0. The van der Waals surface area contributed by atoms with E-state index in [-0.39, 0.29) is 36.4 Å². The molecule has 4 aromatic carbocycles. The molecular formula is C35H35FN2O. The van der Waals surface area contributed by atoms with Gasteiger partial charge in [0.2, 0.25) is 5.91 Å². The monoisotopic (exact) mass is 518 g/mol. The smallest absolute Gasteiger partial charge is 0.240 e. The molecule has 39 heavy (non-hydrogen) atoms. The average Bonchev–Trinajstić information content (AvgIpc) is 3.40. The standard InChI is InChI=1S/C35H35FN2O/c1-24-11-3-8-16-31(24)34-32-17-9-6-12-26(32)19-20-37(34)25(2)35(39)38(23-29-15-7-10-18-33(29)36)30-21-27-13-4-5-14-28(27)22-30/h3-18,25,30,34H,19-23H2,1-2H3/t25-,34-/m0/s1. The van der Waals surface area contributed by atoms with Gasteiger partial charge < -0.3 is 4.90 Å². The van der Waals surface area contributed by atoms with Gasteiger partial charge >= 0.3 is 0 Å². The van der Waals surface area contributed by atoms with Gasteiger partial charge in [-0.3, -0.25) is 9.69 Å². The molecule has 0 bridgehead atoms. The highest BCUT2D eigenvalue weighted by atomic mass is 19.1. The van der Waals surface area contributed by atoms with Crippen LogP contribution >= 0.6 is 0 Å². The molecule has 0 saturated carbocycles. The van der Waals surface area contributed by atoms with Crippen molar-refractivity contribution in [1.82, 2.24) is 9.80 Å². The van der Waals surface area contributed by atoms with Gasteiger partial charge in [0.15, 0.2) is 0 Å². The van der Waals surface area contributed by atoms with E-state index in [1.54, 1.807) is 12.1 Å². The van der Waals surface area contributed by atoms with E-state index in [1.807, 2.05) is 17.9 Å². The third-order valence-electron chi connectivity index (χ3n) is 8.71.